The number of benzene rings is 1. The van der Waals surface area contributed by atoms with Gasteiger partial charge in [-0.2, -0.15) is 5.26 Å². The Kier molecular flexibility index (Phi) is 4.87. The molecule has 3 atom stereocenters. The van der Waals surface area contributed by atoms with Crippen molar-refractivity contribution in [3.05, 3.63) is 48.3 Å². The van der Waals surface area contributed by atoms with Crippen LogP contribution in [0.5, 0.6) is 5.75 Å². The van der Waals surface area contributed by atoms with Crippen molar-refractivity contribution in [2.75, 3.05) is 11.9 Å². The molecule has 2 saturated heterocycles. The van der Waals surface area contributed by atoms with Crippen molar-refractivity contribution in [1.82, 2.24) is 25.1 Å². The van der Waals surface area contributed by atoms with Crippen LogP contribution in [-0.4, -0.2) is 49.0 Å². The van der Waals surface area contributed by atoms with Crippen molar-refractivity contribution in [2.45, 2.75) is 56.7 Å². The van der Waals surface area contributed by atoms with E-state index in [1.54, 1.807) is 6.07 Å². The van der Waals surface area contributed by atoms with Gasteiger partial charge in [-0.05, 0) is 57.7 Å². The van der Waals surface area contributed by atoms with E-state index in [9.17, 15) is 9.50 Å². The molecular weight excluding hydrogens is 421 g/mol. The molecule has 2 aliphatic rings. The molecule has 9 heteroatoms. The van der Waals surface area contributed by atoms with Crippen LogP contribution < -0.4 is 10.2 Å². The van der Waals surface area contributed by atoms with Crippen LogP contribution >= 0.6 is 0 Å². The SMILES string of the molecule is CN(c1ccc(-c2cc(F)c(-n3cnc(C#N)c3)cc2O)nn1)[C@@H]1C[C@]2(C)CC[C@](C)(C1)N2. The number of phenols is 1. The molecule has 0 saturated carbocycles. The minimum Gasteiger partial charge on any atom is -0.507 e. The number of hydrogen-bond acceptors (Lipinski definition) is 7. The van der Waals surface area contributed by atoms with Gasteiger partial charge >= 0.3 is 0 Å². The Morgan fingerprint density at radius 2 is 1.94 bits per heavy atom. The molecule has 2 N–H and O–H groups in total. The molecule has 2 bridgehead atoms. The average Bonchev–Trinajstić information content (AvgIpc) is 3.35. The lowest BCUT2D eigenvalue weighted by molar-refractivity contribution is 0.207. The Morgan fingerprint density at radius 3 is 2.55 bits per heavy atom. The number of piperidine rings is 1. The summed E-state index contributed by atoms with van der Waals surface area (Å²) in [5, 5.41) is 31.9. The van der Waals surface area contributed by atoms with Gasteiger partial charge in [-0.1, -0.05) is 0 Å². The zero-order chi connectivity index (χ0) is 23.4. The van der Waals surface area contributed by atoms with E-state index in [0.29, 0.717) is 11.7 Å². The van der Waals surface area contributed by atoms with Gasteiger partial charge in [0.15, 0.2) is 11.5 Å². The van der Waals surface area contributed by atoms with Crippen LogP contribution in [0, 0.1) is 17.1 Å². The van der Waals surface area contributed by atoms with E-state index >= 15 is 0 Å². The lowest BCUT2D eigenvalue weighted by Crippen LogP contribution is -2.58. The number of rotatable bonds is 4. The number of hydrogen-bond donors (Lipinski definition) is 2. The Morgan fingerprint density at radius 1 is 1.21 bits per heavy atom. The van der Waals surface area contributed by atoms with Gasteiger partial charge in [0.1, 0.15) is 24.0 Å². The van der Waals surface area contributed by atoms with Crippen molar-refractivity contribution in [2.24, 2.45) is 0 Å². The highest BCUT2D eigenvalue weighted by molar-refractivity contribution is 5.69. The summed E-state index contributed by atoms with van der Waals surface area (Å²) in [5.74, 6) is 0.0421. The number of anilines is 1. The summed E-state index contributed by atoms with van der Waals surface area (Å²) in [6.45, 7) is 4.58. The minimum atomic E-state index is -0.570. The number of fused-ring (bicyclic) bond motifs is 2. The summed E-state index contributed by atoms with van der Waals surface area (Å²) < 4.78 is 16.2. The van der Waals surface area contributed by atoms with E-state index in [1.165, 1.54) is 42.1 Å². The molecule has 0 amide bonds. The second-order valence-corrected chi connectivity index (χ2v) is 9.79. The molecule has 4 heterocycles. The van der Waals surface area contributed by atoms with Gasteiger partial charge < -0.3 is 19.9 Å². The maximum Gasteiger partial charge on any atom is 0.158 e. The van der Waals surface area contributed by atoms with Crippen molar-refractivity contribution in [3.8, 4) is 28.8 Å². The van der Waals surface area contributed by atoms with Gasteiger partial charge in [-0.25, -0.2) is 9.37 Å². The second-order valence-electron chi connectivity index (χ2n) is 9.79. The highest BCUT2D eigenvalue weighted by atomic mass is 19.1. The fourth-order valence-electron chi connectivity index (χ4n) is 5.41. The molecule has 3 aromatic rings. The van der Waals surface area contributed by atoms with Crippen molar-refractivity contribution in [3.63, 3.8) is 0 Å². The van der Waals surface area contributed by atoms with Crippen molar-refractivity contribution in [1.29, 1.82) is 5.26 Å². The number of nitrogens with zero attached hydrogens (tertiary/aromatic N) is 6. The monoisotopic (exact) mass is 447 g/mol. The number of imidazole rings is 1. The molecule has 2 fully saturated rings. The first-order valence-corrected chi connectivity index (χ1v) is 11.0. The largest absolute Gasteiger partial charge is 0.507 e. The van der Waals surface area contributed by atoms with Crippen LogP contribution in [0.3, 0.4) is 0 Å². The summed E-state index contributed by atoms with van der Waals surface area (Å²) in [5.41, 5.74) is 1.17. The van der Waals surface area contributed by atoms with E-state index in [0.717, 1.165) is 18.7 Å². The second kappa shape index (κ2) is 7.52. The fraction of sp³-hybridized carbons (Fsp3) is 0.417. The lowest BCUT2D eigenvalue weighted by Gasteiger charge is -2.45. The summed E-state index contributed by atoms with van der Waals surface area (Å²) in [6, 6.07) is 8.36. The molecule has 1 aromatic carbocycles. The normalized spacial score (nSPS) is 26.2. The topological polar surface area (TPSA) is 103 Å². The first kappa shape index (κ1) is 21.3. The van der Waals surface area contributed by atoms with Gasteiger partial charge in [0, 0.05) is 42.0 Å². The van der Waals surface area contributed by atoms with E-state index in [1.807, 2.05) is 19.2 Å². The average molecular weight is 448 g/mol. The zero-order valence-corrected chi connectivity index (χ0v) is 18.9. The number of phenolic OH excluding ortho intramolecular Hbond substituents is 1. The number of aromatic hydroxyl groups is 1. The lowest BCUT2D eigenvalue weighted by atomic mass is 9.84. The molecule has 2 aromatic heterocycles. The molecule has 0 radical (unpaired) electrons. The third-order valence-electron chi connectivity index (χ3n) is 7.08. The number of aromatic nitrogens is 4. The molecule has 0 spiro atoms. The molecule has 0 unspecified atom stereocenters. The Balaban J connectivity index is 1.38. The third kappa shape index (κ3) is 3.80. The van der Waals surface area contributed by atoms with Crippen LogP contribution in [-0.2, 0) is 0 Å². The van der Waals surface area contributed by atoms with Gasteiger partial charge in [0.05, 0.1) is 11.4 Å². The molecule has 0 aliphatic carbocycles. The molecule has 8 nitrogen and oxygen atoms in total. The van der Waals surface area contributed by atoms with E-state index in [2.05, 4.69) is 39.2 Å². The molecule has 170 valence electrons. The fourth-order valence-corrected chi connectivity index (χ4v) is 5.41. The smallest absolute Gasteiger partial charge is 0.158 e. The predicted octanol–water partition coefficient (Wildman–Crippen LogP) is 3.55. The summed E-state index contributed by atoms with van der Waals surface area (Å²) in [4.78, 5) is 6.05. The number of nitrogens with one attached hydrogen (secondary N) is 1. The van der Waals surface area contributed by atoms with Gasteiger partial charge in [0.2, 0.25) is 0 Å². The van der Waals surface area contributed by atoms with E-state index < -0.39 is 5.82 Å². The minimum absolute atomic E-state index is 0.0945. The zero-order valence-electron chi connectivity index (χ0n) is 18.9. The number of nitriles is 1. The van der Waals surface area contributed by atoms with Crippen LogP contribution in [0.15, 0.2) is 36.8 Å². The molecular formula is C24H26FN7O. The standard InChI is InChI=1S/C24H26FN7O/c1-23-6-7-24(2,30-23)11-16(10-23)31(3)22-5-4-19(28-29-22)17-8-18(25)20(9-21(17)33)32-13-15(12-26)27-14-32/h4-5,8-9,13-14,16,30,33H,6-7,10-11H2,1-3H3/t16-,23+,24-. The van der Waals surface area contributed by atoms with Crippen LogP contribution in [0.2, 0.25) is 0 Å². The summed E-state index contributed by atoms with van der Waals surface area (Å²) in [6.07, 6.45) is 7.16. The van der Waals surface area contributed by atoms with Crippen LogP contribution in [0.1, 0.15) is 45.2 Å². The first-order valence-electron chi connectivity index (χ1n) is 11.0. The predicted molar refractivity (Wildman–Crippen MR) is 122 cm³/mol. The molecule has 33 heavy (non-hydrogen) atoms. The first-order chi connectivity index (χ1) is 15.7. The quantitative estimate of drug-likeness (QED) is 0.630. The van der Waals surface area contributed by atoms with Gasteiger partial charge in [-0.3, -0.25) is 0 Å². The van der Waals surface area contributed by atoms with Crippen LogP contribution in [0.25, 0.3) is 16.9 Å². The van der Waals surface area contributed by atoms with E-state index in [4.69, 9.17) is 5.26 Å². The third-order valence-corrected chi connectivity index (χ3v) is 7.08. The van der Waals surface area contributed by atoms with Gasteiger partial charge in [0.25, 0.3) is 0 Å². The van der Waals surface area contributed by atoms with Crippen molar-refractivity contribution >= 4 is 5.82 Å². The maximum atomic E-state index is 14.8. The maximum absolute atomic E-state index is 14.8. The van der Waals surface area contributed by atoms with Crippen molar-refractivity contribution < 1.29 is 9.50 Å². The van der Waals surface area contributed by atoms with Crippen LogP contribution in [0.4, 0.5) is 10.2 Å². The Bertz CT molecular complexity index is 1230. The molecule has 2 aliphatic heterocycles. The van der Waals surface area contributed by atoms with Gasteiger partial charge in [-0.15, -0.1) is 10.2 Å². The Hall–Kier alpha value is -3.51. The summed E-state index contributed by atoms with van der Waals surface area (Å²) in [7, 11) is 2.04. The van der Waals surface area contributed by atoms with E-state index in [-0.39, 0.29) is 33.8 Å². The highest BCUT2D eigenvalue weighted by Crippen LogP contribution is 2.43. The summed E-state index contributed by atoms with van der Waals surface area (Å²) >= 11 is 0. The highest BCUT2D eigenvalue weighted by Gasteiger charge is 2.49. The molecule has 5 rings (SSSR count). The Labute approximate surface area is 191 Å². The number of halogens is 1.